The van der Waals surface area contributed by atoms with E-state index in [-0.39, 0.29) is 6.61 Å². The first-order valence-electron chi connectivity index (χ1n) is 5.61. The Labute approximate surface area is 97.1 Å². The van der Waals surface area contributed by atoms with Crippen molar-refractivity contribution in [2.24, 2.45) is 0 Å². The van der Waals surface area contributed by atoms with E-state index in [1.165, 1.54) is 0 Å². The van der Waals surface area contributed by atoms with Gasteiger partial charge in [-0.05, 0) is 33.6 Å². The zero-order valence-corrected chi connectivity index (χ0v) is 10.4. The number of nitrogens with one attached hydrogen (secondary N) is 1. The Morgan fingerprint density at radius 1 is 1.25 bits per heavy atom. The molecule has 16 heavy (non-hydrogen) atoms. The second-order valence-corrected chi connectivity index (χ2v) is 4.47. The molecule has 0 aliphatic heterocycles. The molecule has 1 amide bonds. The minimum Gasteiger partial charge on any atom is -0.444 e. The number of hydrogen-bond acceptors (Lipinski definition) is 4. The maximum absolute atomic E-state index is 11.2. The van der Waals surface area contributed by atoms with Gasteiger partial charge in [0.25, 0.3) is 0 Å². The molecule has 0 aromatic heterocycles. The molecule has 0 spiro atoms. The highest BCUT2D eigenvalue weighted by Gasteiger charge is 2.15. The summed E-state index contributed by atoms with van der Waals surface area (Å²) in [4.78, 5) is 11.2. The number of alkyl carbamates (subject to hydrolysis) is 1. The second kappa shape index (κ2) is 8.35. The Bertz CT molecular complexity index is 189. The van der Waals surface area contributed by atoms with Gasteiger partial charge in [0.2, 0.25) is 0 Å². The minimum atomic E-state index is -0.457. The molecule has 0 heterocycles. The number of aliphatic hydroxyl groups is 1. The monoisotopic (exact) mass is 233 g/mol. The third-order valence-electron chi connectivity index (χ3n) is 1.58. The van der Waals surface area contributed by atoms with Crippen LogP contribution in [0.15, 0.2) is 0 Å². The summed E-state index contributed by atoms with van der Waals surface area (Å²) < 4.78 is 10.3. The van der Waals surface area contributed by atoms with E-state index in [0.717, 1.165) is 6.42 Å². The summed E-state index contributed by atoms with van der Waals surface area (Å²) >= 11 is 0. The van der Waals surface area contributed by atoms with E-state index in [4.69, 9.17) is 14.6 Å². The van der Waals surface area contributed by atoms with Crippen molar-refractivity contribution in [1.82, 2.24) is 5.32 Å². The highest BCUT2D eigenvalue weighted by molar-refractivity contribution is 5.67. The number of hydrogen-bond donors (Lipinski definition) is 2. The van der Waals surface area contributed by atoms with Crippen molar-refractivity contribution in [3.8, 4) is 0 Å². The van der Waals surface area contributed by atoms with Gasteiger partial charge >= 0.3 is 6.09 Å². The van der Waals surface area contributed by atoms with E-state index in [0.29, 0.717) is 26.2 Å². The summed E-state index contributed by atoms with van der Waals surface area (Å²) in [6, 6.07) is 0. The van der Waals surface area contributed by atoms with Gasteiger partial charge in [-0.25, -0.2) is 4.79 Å². The SMILES string of the molecule is CC(C)(C)OC(=O)NCCCOCCCO. The number of aliphatic hydroxyl groups excluding tert-OH is 1. The Kier molecular flexibility index (Phi) is 7.93. The summed E-state index contributed by atoms with van der Waals surface area (Å²) in [5, 5.41) is 11.1. The van der Waals surface area contributed by atoms with Crippen LogP contribution in [-0.4, -0.2) is 43.2 Å². The van der Waals surface area contributed by atoms with Crippen molar-refractivity contribution in [3.05, 3.63) is 0 Å². The van der Waals surface area contributed by atoms with Gasteiger partial charge in [-0.1, -0.05) is 0 Å². The molecule has 2 N–H and O–H groups in total. The topological polar surface area (TPSA) is 67.8 Å². The van der Waals surface area contributed by atoms with Crippen molar-refractivity contribution in [2.75, 3.05) is 26.4 Å². The van der Waals surface area contributed by atoms with Crippen LogP contribution in [-0.2, 0) is 9.47 Å². The van der Waals surface area contributed by atoms with Gasteiger partial charge in [0.15, 0.2) is 0 Å². The molecule has 96 valence electrons. The molecule has 5 heteroatoms. The predicted molar refractivity (Wildman–Crippen MR) is 61.4 cm³/mol. The maximum atomic E-state index is 11.2. The third-order valence-corrected chi connectivity index (χ3v) is 1.58. The Balaban J connectivity index is 3.28. The third kappa shape index (κ3) is 11.3. The summed E-state index contributed by atoms with van der Waals surface area (Å²) in [6.07, 6.45) is 0.993. The molecule has 5 nitrogen and oxygen atoms in total. The van der Waals surface area contributed by atoms with Crippen molar-refractivity contribution < 1.29 is 19.4 Å². The Morgan fingerprint density at radius 2 is 1.88 bits per heavy atom. The van der Waals surface area contributed by atoms with Gasteiger partial charge < -0.3 is 19.9 Å². The number of carbonyl (C=O) groups excluding carboxylic acids is 1. The highest BCUT2D eigenvalue weighted by atomic mass is 16.6. The molecule has 0 aromatic carbocycles. The van der Waals surface area contributed by atoms with E-state index in [1.807, 2.05) is 20.8 Å². The summed E-state index contributed by atoms with van der Waals surface area (Å²) in [7, 11) is 0. The lowest BCUT2D eigenvalue weighted by Crippen LogP contribution is -2.33. The second-order valence-electron chi connectivity index (χ2n) is 4.47. The van der Waals surface area contributed by atoms with Gasteiger partial charge in [0, 0.05) is 26.4 Å². The molecule has 0 aliphatic rings. The molecule has 0 atom stereocenters. The lowest BCUT2D eigenvalue weighted by atomic mass is 10.2. The molecule has 0 bridgehead atoms. The van der Waals surface area contributed by atoms with Gasteiger partial charge in [-0.15, -0.1) is 0 Å². The van der Waals surface area contributed by atoms with Crippen molar-refractivity contribution >= 4 is 6.09 Å². The zero-order valence-electron chi connectivity index (χ0n) is 10.4. The van der Waals surface area contributed by atoms with Crippen LogP contribution in [0, 0.1) is 0 Å². The maximum Gasteiger partial charge on any atom is 0.407 e. The Hall–Kier alpha value is -0.810. The average molecular weight is 233 g/mol. The molecule has 0 unspecified atom stereocenters. The fraction of sp³-hybridized carbons (Fsp3) is 0.909. The number of amides is 1. The van der Waals surface area contributed by atoms with E-state index in [1.54, 1.807) is 0 Å². The summed E-state index contributed by atoms with van der Waals surface area (Å²) in [5.74, 6) is 0. The van der Waals surface area contributed by atoms with Gasteiger partial charge in [-0.2, -0.15) is 0 Å². The molecule has 0 saturated heterocycles. The molecule has 0 aliphatic carbocycles. The molecule has 0 radical (unpaired) electrons. The van der Waals surface area contributed by atoms with Gasteiger partial charge in [0.1, 0.15) is 5.60 Å². The lowest BCUT2D eigenvalue weighted by molar-refractivity contribution is 0.0519. The van der Waals surface area contributed by atoms with Crippen LogP contribution >= 0.6 is 0 Å². The average Bonchev–Trinajstić information content (AvgIpc) is 2.13. The van der Waals surface area contributed by atoms with Gasteiger partial charge in [0.05, 0.1) is 0 Å². The molecular formula is C11H23NO4. The first-order valence-corrected chi connectivity index (χ1v) is 5.61. The van der Waals surface area contributed by atoms with Crippen LogP contribution in [0.2, 0.25) is 0 Å². The number of rotatable bonds is 7. The molecule has 0 fully saturated rings. The summed E-state index contributed by atoms with van der Waals surface area (Å²) in [5.41, 5.74) is -0.457. The lowest BCUT2D eigenvalue weighted by Gasteiger charge is -2.19. The van der Waals surface area contributed by atoms with E-state index in [2.05, 4.69) is 5.32 Å². The molecule has 0 saturated carbocycles. The standard InChI is InChI=1S/C11H23NO4/c1-11(2,3)16-10(14)12-6-4-8-15-9-5-7-13/h13H,4-9H2,1-3H3,(H,12,14). The van der Waals surface area contributed by atoms with Crippen LogP contribution in [0.1, 0.15) is 33.6 Å². The first-order chi connectivity index (χ1) is 7.45. The number of ether oxygens (including phenoxy) is 2. The normalized spacial score (nSPS) is 11.2. The van der Waals surface area contributed by atoms with E-state index < -0.39 is 11.7 Å². The molecule has 0 rings (SSSR count). The van der Waals surface area contributed by atoms with Crippen molar-refractivity contribution in [3.63, 3.8) is 0 Å². The largest absolute Gasteiger partial charge is 0.444 e. The molecule has 0 aromatic rings. The van der Waals surface area contributed by atoms with Crippen LogP contribution in [0.4, 0.5) is 4.79 Å². The number of carbonyl (C=O) groups is 1. The quantitative estimate of drug-likeness (QED) is 0.650. The van der Waals surface area contributed by atoms with Gasteiger partial charge in [-0.3, -0.25) is 0 Å². The first kappa shape index (κ1) is 15.2. The van der Waals surface area contributed by atoms with Crippen LogP contribution in [0.25, 0.3) is 0 Å². The smallest absolute Gasteiger partial charge is 0.407 e. The van der Waals surface area contributed by atoms with E-state index in [9.17, 15) is 4.79 Å². The Morgan fingerprint density at radius 3 is 2.44 bits per heavy atom. The van der Waals surface area contributed by atoms with Crippen molar-refractivity contribution in [1.29, 1.82) is 0 Å². The fourth-order valence-corrected chi connectivity index (χ4v) is 0.948. The van der Waals surface area contributed by atoms with Crippen LogP contribution in [0.3, 0.4) is 0 Å². The fourth-order valence-electron chi connectivity index (χ4n) is 0.948. The van der Waals surface area contributed by atoms with Crippen molar-refractivity contribution in [2.45, 2.75) is 39.2 Å². The van der Waals surface area contributed by atoms with E-state index >= 15 is 0 Å². The highest BCUT2D eigenvalue weighted by Crippen LogP contribution is 2.06. The zero-order chi connectivity index (χ0) is 12.4. The summed E-state index contributed by atoms with van der Waals surface area (Å²) in [6.45, 7) is 7.29. The minimum absolute atomic E-state index is 0.149. The van der Waals surface area contributed by atoms with Crippen LogP contribution < -0.4 is 5.32 Å². The molecular weight excluding hydrogens is 210 g/mol. The predicted octanol–water partition coefficient (Wildman–Crippen LogP) is 1.30. The van der Waals surface area contributed by atoms with Crippen LogP contribution in [0.5, 0.6) is 0 Å².